The van der Waals surface area contributed by atoms with Crippen LogP contribution in [0.15, 0.2) is 18.2 Å². The summed E-state index contributed by atoms with van der Waals surface area (Å²) in [7, 11) is 1.62. The van der Waals surface area contributed by atoms with Crippen molar-refractivity contribution >= 4 is 23.4 Å². The average Bonchev–Trinajstić information content (AvgIpc) is 2.37. The Hall–Kier alpha value is -1.63. The number of rotatable bonds is 5. The highest BCUT2D eigenvalue weighted by Crippen LogP contribution is 2.20. The summed E-state index contributed by atoms with van der Waals surface area (Å²) in [4.78, 5) is 23.4. The molecule has 1 rings (SSSR count). The highest BCUT2D eigenvalue weighted by Gasteiger charge is 2.21. The van der Waals surface area contributed by atoms with Crippen molar-refractivity contribution in [2.45, 2.75) is 13.0 Å². The number of nitro groups is 1. The Bertz CT molecular complexity index is 496. The monoisotopic (exact) mass is 286 g/mol. The Morgan fingerprint density at radius 2 is 2.21 bits per heavy atom. The van der Waals surface area contributed by atoms with Gasteiger partial charge in [-0.3, -0.25) is 14.9 Å². The molecule has 5 nitrogen and oxygen atoms in total. The molecule has 0 heterocycles. The number of benzene rings is 1. The van der Waals surface area contributed by atoms with Crippen LogP contribution in [0.25, 0.3) is 0 Å². The number of carbonyl (C=O) groups excluding carboxylic acids is 1. The summed E-state index contributed by atoms with van der Waals surface area (Å²) in [5, 5.41) is 10.6. The molecule has 7 heteroatoms. The molecule has 1 aromatic carbocycles. The van der Waals surface area contributed by atoms with Gasteiger partial charge in [-0.2, -0.15) is 16.2 Å². The van der Waals surface area contributed by atoms with Gasteiger partial charge >= 0.3 is 5.69 Å². The van der Waals surface area contributed by atoms with Gasteiger partial charge in [0.25, 0.3) is 5.91 Å². The minimum atomic E-state index is -0.943. The first-order chi connectivity index (χ1) is 8.88. The van der Waals surface area contributed by atoms with Crippen LogP contribution in [0, 0.1) is 15.9 Å². The standard InChI is InChI=1S/C12H15FN2O3S/c1-8(7-19-3)14(2)12(16)9-4-5-10(13)11(6-9)15(17)18/h4-6,8H,7H2,1-3H3. The first-order valence-corrected chi connectivity index (χ1v) is 6.98. The number of carbonyl (C=O) groups is 1. The van der Waals surface area contributed by atoms with Crippen molar-refractivity contribution in [3.05, 3.63) is 39.7 Å². The third kappa shape index (κ3) is 3.66. The van der Waals surface area contributed by atoms with Crippen LogP contribution < -0.4 is 0 Å². The molecular weight excluding hydrogens is 271 g/mol. The summed E-state index contributed by atoms with van der Waals surface area (Å²) in [6.45, 7) is 1.88. The molecule has 19 heavy (non-hydrogen) atoms. The Morgan fingerprint density at radius 3 is 2.74 bits per heavy atom. The molecular formula is C12H15FN2O3S. The molecule has 1 atom stereocenters. The van der Waals surface area contributed by atoms with Gasteiger partial charge in [0.05, 0.1) is 4.92 Å². The second-order valence-corrected chi connectivity index (χ2v) is 5.05. The minimum absolute atomic E-state index is 0.00777. The van der Waals surface area contributed by atoms with E-state index in [4.69, 9.17) is 0 Å². The lowest BCUT2D eigenvalue weighted by atomic mass is 10.1. The van der Waals surface area contributed by atoms with Crippen LogP contribution in [-0.4, -0.2) is 40.8 Å². The van der Waals surface area contributed by atoms with Crippen molar-refractivity contribution in [3.63, 3.8) is 0 Å². The van der Waals surface area contributed by atoms with Crippen LogP contribution in [0.1, 0.15) is 17.3 Å². The number of nitro benzene ring substituents is 1. The molecule has 0 aliphatic heterocycles. The Morgan fingerprint density at radius 1 is 1.58 bits per heavy atom. The number of halogens is 1. The summed E-state index contributed by atoms with van der Waals surface area (Å²) in [5.41, 5.74) is -0.569. The van der Waals surface area contributed by atoms with Crippen molar-refractivity contribution in [1.82, 2.24) is 4.90 Å². The molecule has 0 radical (unpaired) electrons. The molecule has 1 aromatic rings. The summed E-state index contributed by atoms with van der Waals surface area (Å²) < 4.78 is 13.2. The van der Waals surface area contributed by atoms with E-state index < -0.39 is 16.4 Å². The molecule has 0 aliphatic carbocycles. The highest BCUT2D eigenvalue weighted by molar-refractivity contribution is 7.98. The van der Waals surface area contributed by atoms with Gasteiger partial charge in [0.1, 0.15) is 0 Å². The average molecular weight is 286 g/mol. The third-order valence-electron chi connectivity index (χ3n) is 2.78. The fourth-order valence-corrected chi connectivity index (χ4v) is 2.25. The van der Waals surface area contributed by atoms with Gasteiger partial charge in [-0.25, -0.2) is 0 Å². The van der Waals surface area contributed by atoms with Gasteiger partial charge in [-0.05, 0) is 25.3 Å². The van der Waals surface area contributed by atoms with E-state index in [0.717, 1.165) is 17.9 Å². The largest absolute Gasteiger partial charge is 0.338 e. The Balaban J connectivity index is 3.00. The van der Waals surface area contributed by atoms with Gasteiger partial charge in [0, 0.05) is 30.5 Å². The van der Waals surface area contributed by atoms with Gasteiger partial charge in [-0.15, -0.1) is 0 Å². The van der Waals surface area contributed by atoms with Gasteiger partial charge in [0.2, 0.25) is 5.82 Å². The second kappa shape index (κ2) is 6.51. The van der Waals surface area contributed by atoms with Crippen LogP contribution in [0.2, 0.25) is 0 Å². The SMILES string of the molecule is CSCC(C)N(C)C(=O)c1ccc(F)c([N+](=O)[O-])c1. The zero-order chi connectivity index (χ0) is 14.6. The van der Waals surface area contributed by atoms with Crippen LogP contribution in [0.3, 0.4) is 0 Å². The maximum absolute atomic E-state index is 13.2. The van der Waals surface area contributed by atoms with E-state index in [1.807, 2.05) is 13.2 Å². The first-order valence-electron chi connectivity index (χ1n) is 5.58. The van der Waals surface area contributed by atoms with Crippen molar-refractivity contribution in [1.29, 1.82) is 0 Å². The smallest absolute Gasteiger partial charge is 0.305 e. The predicted octanol–water partition coefficient (Wildman–Crippen LogP) is 2.56. The Kier molecular flexibility index (Phi) is 5.29. The summed E-state index contributed by atoms with van der Waals surface area (Å²) >= 11 is 1.60. The van der Waals surface area contributed by atoms with E-state index in [9.17, 15) is 19.3 Å². The topological polar surface area (TPSA) is 63.5 Å². The fraction of sp³-hybridized carbons (Fsp3) is 0.417. The molecule has 104 valence electrons. The van der Waals surface area contributed by atoms with Crippen molar-refractivity contribution in [3.8, 4) is 0 Å². The maximum atomic E-state index is 13.2. The van der Waals surface area contributed by atoms with Crippen molar-refractivity contribution in [2.75, 3.05) is 19.1 Å². The Labute approximate surface area is 114 Å². The van der Waals surface area contributed by atoms with E-state index in [1.54, 1.807) is 18.8 Å². The molecule has 0 aliphatic rings. The van der Waals surface area contributed by atoms with Gasteiger partial charge in [0.15, 0.2) is 0 Å². The van der Waals surface area contributed by atoms with E-state index in [-0.39, 0.29) is 17.5 Å². The number of nitrogens with zero attached hydrogens (tertiary/aromatic N) is 2. The van der Waals surface area contributed by atoms with E-state index in [2.05, 4.69) is 0 Å². The molecule has 0 spiro atoms. The van der Waals surface area contributed by atoms with E-state index in [0.29, 0.717) is 0 Å². The van der Waals surface area contributed by atoms with Crippen molar-refractivity contribution in [2.24, 2.45) is 0 Å². The van der Waals surface area contributed by atoms with Crippen LogP contribution in [0.5, 0.6) is 0 Å². The third-order valence-corrected chi connectivity index (χ3v) is 3.59. The summed E-state index contributed by atoms with van der Waals surface area (Å²) in [6.07, 6.45) is 1.93. The van der Waals surface area contributed by atoms with Crippen molar-refractivity contribution < 1.29 is 14.1 Å². The zero-order valence-corrected chi connectivity index (χ0v) is 11.7. The first kappa shape index (κ1) is 15.4. The van der Waals surface area contributed by atoms with Crippen LogP contribution in [0.4, 0.5) is 10.1 Å². The lowest BCUT2D eigenvalue weighted by Crippen LogP contribution is -2.36. The van der Waals surface area contributed by atoms with E-state index in [1.165, 1.54) is 11.0 Å². The summed E-state index contributed by atoms with van der Waals surface area (Å²) in [6, 6.07) is 3.16. The number of thioether (sulfide) groups is 1. The fourth-order valence-electron chi connectivity index (χ4n) is 1.54. The highest BCUT2D eigenvalue weighted by atomic mass is 32.2. The van der Waals surface area contributed by atoms with Gasteiger partial charge in [-0.1, -0.05) is 0 Å². The maximum Gasteiger partial charge on any atom is 0.305 e. The number of hydrogen-bond donors (Lipinski definition) is 0. The van der Waals surface area contributed by atoms with Crippen LogP contribution >= 0.6 is 11.8 Å². The molecule has 0 aromatic heterocycles. The molecule has 0 saturated heterocycles. The number of amides is 1. The zero-order valence-electron chi connectivity index (χ0n) is 10.9. The molecule has 1 amide bonds. The normalized spacial score (nSPS) is 12.0. The van der Waals surface area contributed by atoms with E-state index >= 15 is 0 Å². The van der Waals surface area contributed by atoms with Crippen LogP contribution in [-0.2, 0) is 0 Å². The molecule has 1 unspecified atom stereocenters. The lowest BCUT2D eigenvalue weighted by Gasteiger charge is -2.24. The lowest BCUT2D eigenvalue weighted by molar-refractivity contribution is -0.387. The van der Waals surface area contributed by atoms with Gasteiger partial charge < -0.3 is 4.90 Å². The second-order valence-electron chi connectivity index (χ2n) is 4.14. The predicted molar refractivity (Wildman–Crippen MR) is 73.0 cm³/mol. The quantitative estimate of drug-likeness (QED) is 0.616. The summed E-state index contributed by atoms with van der Waals surface area (Å²) in [5.74, 6) is -0.545. The minimum Gasteiger partial charge on any atom is -0.338 e. The molecule has 0 saturated carbocycles. The number of hydrogen-bond acceptors (Lipinski definition) is 4. The molecule has 0 N–H and O–H groups in total. The molecule has 0 fully saturated rings. The molecule has 0 bridgehead atoms.